The molecule has 2 saturated heterocycles. The van der Waals surface area contributed by atoms with Crippen molar-refractivity contribution in [3.05, 3.63) is 41.2 Å². The molecular weight excluding hydrogens is 361 g/mol. The third-order valence-corrected chi connectivity index (χ3v) is 5.17. The number of benzene rings is 1. The van der Waals surface area contributed by atoms with Crippen LogP contribution in [0.4, 0.5) is 0 Å². The first kappa shape index (κ1) is 18.2. The Labute approximate surface area is 158 Å². The molecule has 1 amide bonds. The summed E-state index contributed by atoms with van der Waals surface area (Å²) in [6, 6.07) is 8.02. The van der Waals surface area contributed by atoms with Gasteiger partial charge in [0, 0.05) is 29.2 Å². The second-order valence-corrected chi connectivity index (χ2v) is 6.94. The topological polar surface area (TPSA) is 58.4 Å². The van der Waals surface area contributed by atoms with Gasteiger partial charge in [-0.1, -0.05) is 11.6 Å². The van der Waals surface area contributed by atoms with Crippen LogP contribution < -0.4 is 5.32 Å². The number of nitrogens with one attached hydrogen (secondary N) is 1. The Bertz CT molecular complexity index is 718. The molecule has 2 fully saturated rings. The molecule has 0 aliphatic carbocycles. The lowest BCUT2D eigenvalue weighted by atomic mass is 10.1. The summed E-state index contributed by atoms with van der Waals surface area (Å²) in [7, 11) is 0. The smallest absolute Gasteiger partial charge is 0.229 e. The molecular formula is C18H21Cl2N3O2. The first-order valence-electron chi connectivity index (χ1n) is 8.43. The summed E-state index contributed by atoms with van der Waals surface area (Å²) >= 11 is 5.90. The van der Waals surface area contributed by atoms with Crippen molar-refractivity contribution in [1.29, 1.82) is 0 Å². The van der Waals surface area contributed by atoms with Crippen LogP contribution in [0.2, 0.25) is 5.02 Å². The van der Waals surface area contributed by atoms with Gasteiger partial charge in [-0.05, 0) is 50.1 Å². The number of fused-ring (bicyclic) bond motifs is 2. The van der Waals surface area contributed by atoms with E-state index in [0.29, 0.717) is 35.1 Å². The van der Waals surface area contributed by atoms with Crippen molar-refractivity contribution in [3.8, 4) is 11.5 Å². The van der Waals surface area contributed by atoms with Gasteiger partial charge >= 0.3 is 0 Å². The van der Waals surface area contributed by atoms with Gasteiger partial charge in [-0.2, -0.15) is 0 Å². The SMILES string of the molecule is Cl.O=C(Cc1coc(-c2ccc(Cl)cc2)n1)N1C2CCNCC1CC2. The number of hydrogen-bond donors (Lipinski definition) is 1. The maximum atomic E-state index is 12.8. The van der Waals surface area contributed by atoms with Crippen LogP contribution in [0.15, 0.2) is 34.9 Å². The molecule has 1 aromatic heterocycles. The number of halogens is 2. The first-order valence-corrected chi connectivity index (χ1v) is 8.81. The van der Waals surface area contributed by atoms with Crippen LogP contribution in [-0.2, 0) is 11.2 Å². The molecule has 2 atom stereocenters. The average molecular weight is 382 g/mol. The summed E-state index contributed by atoms with van der Waals surface area (Å²) in [5.74, 6) is 0.678. The Morgan fingerprint density at radius 2 is 2.00 bits per heavy atom. The fourth-order valence-corrected chi connectivity index (χ4v) is 3.87. The predicted octanol–water partition coefficient (Wildman–Crippen LogP) is 3.31. The highest BCUT2D eigenvalue weighted by atomic mass is 35.5. The molecule has 2 unspecified atom stereocenters. The van der Waals surface area contributed by atoms with Crippen molar-refractivity contribution in [2.45, 2.75) is 37.8 Å². The summed E-state index contributed by atoms with van der Waals surface area (Å²) < 4.78 is 5.54. The van der Waals surface area contributed by atoms with Crippen LogP contribution in [0.25, 0.3) is 11.5 Å². The maximum Gasteiger partial charge on any atom is 0.229 e. The average Bonchev–Trinajstić information content (AvgIpc) is 3.11. The normalized spacial score (nSPS) is 22.4. The molecule has 2 aromatic rings. The minimum absolute atomic E-state index is 0. The van der Waals surface area contributed by atoms with Crippen LogP contribution in [-0.4, -0.2) is 41.0 Å². The molecule has 2 aliphatic rings. The number of carbonyl (C=O) groups is 1. The Kier molecular flexibility index (Phi) is 5.67. The van der Waals surface area contributed by atoms with Gasteiger partial charge in [0.2, 0.25) is 11.8 Å². The van der Waals surface area contributed by atoms with Crippen molar-refractivity contribution in [2.24, 2.45) is 0 Å². The predicted molar refractivity (Wildman–Crippen MR) is 99.0 cm³/mol. The minimum atomic E-state index is 0. The Morgan fingerprint density at radius 3 is 2.80 bits per heavy atom. The van der Waals surface area contributed by atoms with Crippen LogP contribution in [0.1, 0.15) is 25.0 Å². The van der Waals surface area contributed by atoms with E-state index in [9.17, 15) is 4.79 Å². The van der Waals surface area contributed by atoms with Crippen LogP contribution in [0.3, 0.4) is 0 Å². The van der Waals surface area contributed by atoms with E-state index in [1.165, 1.54) is 0 Å². The second-order valence-electron chi connectivity index (χ2n) is 6.51. The fraction of sp³-hybridized carbons (Fsp3) is 0.444. The van der Waals surface area contributed by atoms with Crippen molar-refractivity contribution < 1.29 is 9.21 Å². The maximum absolute atomic E-state index is 12.8. The van der Waals surface area contributed by atoms with Crippen molar-refractivity contribution >= 4 is 29.9 Å². The van der Waals surface area contributed by atoms with Crippen molar-refractivity contribution in [2.75, 3.05) is 13.1 Å². The molecule has 2 aliphatic heterocycles. The van der Waals surface area contributed by atoms with Crippen LogP contribution in [0, 0.1) is 0 Å². The van der Waals surface area contributed by atoms with E-state index in [1.54, 1.807) is 18.4 Å². The third kappa shape index (κ3) is 3.84. The summed E-state index contributed by atoms with van der Waals surface area (Å²) in [6.45, 7) is 1.90. The molecule has 7 heteroatoms. The molecule has 0 spiro atoms. The highest BCUT2D eigenvalue weighted by molar-refractivity contribution is 6.30. The zero-order chi connectivity index (χ0) is 16.5. The van der Waals surface area contributed by atoms with Gasteiger partial charge in [0.25, 0.3) is 0 Å². The minimum Gasteiger partial charge on any atom is -0.444 e. The quantitative estimate of drug-likeness (QED) is 0.885. The lowest BCUT2D eigenvalue weighted by Gasteiger charge is -2.27. The third-order valence-electron chi connectivity index (χ3n) is 4.92. The van der Waals surface area contributed by atoms with Gasteiger partial charge in [-0.25, -0.2) is 4.98 Å². The van der Waals surface area contributed by atoms with Gasteiger partial charge in [-0.3, -0.25) is 4.79 Å². The number of hydrogen-bond acceptors (Lipinski definition) is 4. The second kappa shape index (κ2) is 7.77. The van der Waals surface area contributed by atoms with E-state index >= 15 is 0 Å². The number of oxazole rings is 1. The number of amides is 1. The number of carbonyl (C=O) groups excluding carboxylic acids is 1. The largest absolute Gasteiger partial charge is 0.444 e. The van der Waals surface area contributed by atoms with E-state index in [4.69, 9.17) is 16.0 Å². The number of rotatable bonds is 3. The lowest BCUT2D eigenvalue weighted by molar-refractivity contribution is -0.133. The molecule has 2 bridgehead atoms. The standard InChI is InChI=1S/C18H20ClN3O2.ClH/c19-13-3-1-12(2-4-13)18-21-14(11-24-18)9-17(23)22-15-5-6-16(22)10-20-8-7-15;/h1-4,11,15-16,20H,5-10H2;1H. The molecule has 0 radical (unpaired) electrons. The Balaban J connectivity index is 0.00000182. The Hall–Kier alpha value is -1.56. The van der Waals surface area contributed by atoms with Gasteiger partial charge in [0.1, 0.15) is 6.26 Å². The fourth-order valence-electron chi connectivity index (χ4n) is 3.75. The van der Waals surface area contributed by atoms with Crippen molar-refractivity contribution in [1.82, 2.24) is 15.2 Å². The lowest BCUT2D eigenvalue weighted by Crippen LogP contribution is -2.43. The van der Waals surface area contributed by atoms with Crippen molar-refractivity contribution in [3.63, 3.8) is 0 Å². The molecule has 3 heterocycles. The van der Waals surface area contributed by atoms with E-state index in [1.807, 2.05) is 12.1 Å². The highest BCUT2D eigenvalue weighted by Gasteiger charge is 2.37. The van der Waals surface area contributed by atoms with Crippen LogP contribution in [0.5, 0.6) is 0 Å². The molecule has 4 rings (SSSR count). The van der Waals surface area contributed by atoms with Gasteiger partial charge in [0.15, 0.2) is 0 Å². The molecule has 1 N–H and O–H groups in total. The van der Waals surface area contributed by atoms with E-state index in [2.05, 4.69) is 15.2 Å². The zero-order valence-corrected chi connectivity index (χ0v) is 15.4. The number of nitrogens with zero attached hydrogens (tertiary/aromatic N) is 2. The van der Waals surface area contributed by atoms with Gasteiger partial charge < -0.3 is 14.6 Å². The van der Waals surface area contributed by atoms with E-state index in [-0.39, 0.29) is 18.3 Å². The molecule has 1 aromatic carbocycles. The molecule has 0 saturated carbocycles. The summed E-state index contributed by atoms with van der Waals surface area (Å²) in [5, 5.41) is 4.09. The molecule has 5 nitrogen and oxygen atoms in total. The number of aromatic nitrogens is 1. The highest BCUT2D eigenvalue weighted by Crippen LogP contribution is 2.29. The summed E-state index contributed by atoms with van der Waals surface area (Å²) in [4.78, 5) is 19.3. The van der Waals surface area contributed by atoms with Crippen LogP contribution >= 0.6 is 24.0 Å². The summed E-state index contributed by atoms with van der Waals surface area (Å²) in [5.41, 5.74) is 1.54. The molecule has 134 valence electrons. The van der Waals surface area contributed by atoms with E-state index in [0.717, 1.165) is 37.9 Å². The first-order chi connectivity index (χ1) is 11.7. The monoisotopic (exact) mass is 381 g/mol. The zero-order valence-electron chi connectivity index (χ0n) is 13.8. The molecule has 25 heavy (non-hydrogen) atoms. The van der Waals surface area contributed by atoms with Gasteiger partial charge in [0.05, 0.1) is 12.1 Å². The summed E-state index contributed by atoms with van der Waals surface area (Å²) in [6.07, 6.45) is 5.13. The Morgan fingerprint density at radius 1 is 1.24 bits per heavy atom. The van der Waals surface area contributed by atoms with E-state index < -0.39 is 0 Å². The van der Waals surface area contributed by atoms with Gasteiger partial charge in [-0.15, -0.1) is 12.4 Å².